The number of hydrogen-bond donors (Lipinski definition) is 2. The van der Waals surface area contributed by atoms with Crippen molar-refractivity contribution >= 4 is 55.5 Å². The van der Waals surface area contributed by atoms with E-state index in [0.717, 1.165) is 9.88 Å². The van der Waals surface area contributed by atoms with E-state index < -0.39 is 33.1 Å². The fourth-order valence-corrected chi connectivity index (χ4v) is 6.82. The summed E-state index contributed by atoms with van der Waals surface area (Å²) in [5.74, 6) is 4.06. The summed E-state index contributed by atoms with van der Waals surface area (Å²) < 4.78 is 56.5. The quantitative estimate of drug-likeness (QED) is 0.164. The largest absolute Gasteiger partial charge is 0.750 e. The molecule has 3 aromatic heterocycles. The average Bonchev–Trinajstić information content (AvgIpc) is 3.58. The minimum absolute atomic E-state index is 0.125. The van der Waals surface area contributed by atoms with Crippen LogP contribution in [0.1, 0.15) is 27.9 Å². The van der Waals surface area contributed by atoms with Crippen molar-refractivity contribution in [3.63, 3.8) is 0 Å². The van der Waals surface area contributed by atoms with Gasteiger partial charge in [0.1, 0.15) is 5.01 Å². The van der Waals surface area contributed by atoms with E-state index in [2.05, 4.69) is 9.27 Å². The van der Waals surface area contributed by atoms with E-state index in [1.807, 2.05) is 17.5 Å². The first-order chi connectivity index (χ1) is 16.6. The lowest BCUT2D eigenvalue weighted by Crippen LogP contribution is -2.47. The molecule has 4 rings (SSSR count). The van der Waals surface area contributed by atoms with Crippen LogP contribution < -0.4 is 11.6 Å². The third-order valence-electron chi connectivity index (χ3n) is 5.13. The second-order valence-electron chi connectivity index (χ2n) is 7.34. The highest BCUT2D eigenvalue weighted by atomic mass is 32.2. The van der Waals surface area contributed by atoms with Crippen LogP contribution in [0.15, 0.2) is 57.4 Å². The first kappa shape index (κ1) is 26.2. The number of aryl methyl sites for hydroxylation is 1. The number of thiazole rings is 2. The zero-order chi connectivity index (χ0) is 25.2. The van der Waals surface area contributed by atoms with Gasteiger partial charge in [-0.25, -0.2) is 14.2 Å². The van der Waals surface area contributed by atoms with E-state index in [9.17, 15) is 17.2 Å². The molecule has 35 heavy (non-hydrogen) atoms. The SMILES string of the molecule is Cc1nc(C(N)(OS(=O)[O-])[C@@H](Cc2ccc(S(=O)(=O)ON)cc2)c2csc(-c3cccs3)n2)cs1. The number of rotatable bonds is 10. The zero-order valence-corrected chi connectivity index (χ0v) is 22.1. The molecule has 1 aromatic carbocycles. The summed E-state index contributed by atoms with van der Waals surface area (Å²) in [6.07, 6.45) is 0.168. The van der Waals surface area contributed by atoms with Crippen molar-refractivity contribution in [1.29, 1.82) is 0 Å². The standard InChI is InChI=1S/C20H20N4O6S5/c1-12-23-18(11-32-12)20(21,29-34(25)26)15(16-10-33-19(24-16)17-3-2-8-31-17)9-13-4-6-14(7-5-13)35(27,28)30-22/h2-8,10-11,15H,9,21-22H2,1H3,(H,25,26)/p-1/t15-,20?/m0/s1. The molecular weight excluding hydrogens is 553 g/mol. The molecule has 0 radical (unpaired) electrons. The second kappa shape index (κ2) is 10.6. The Balaban J connectivity index is 1.79. The van der Waals surface area contributed by atoms with E-state index in [4.69, 9.17) is 20.8 Å². The summed E-state index contributed by atoms with van der Waals surface area (Å²) in [6, 6.07) is 9.64. The van der Waals surface area contributed by atoms with Crippen LogP contribution in [0.5, 0.6) is 0 Å². The van der Waals surface area contributed by atoms with Crippen molar-refractivity contribution < 1.29 is 25.6 Å². The Morgan fingerprint density at radius 2 is 1.89 bits per heavy atom. The number of aromatic nitrogens is 2. The Labute approximate surface area is 216 Å². The molecule has 186 valence electrons. The van der Waals surface area contributed by atoms with Gasteiger partial charge in [0.05, 0.1) is 43.4 Å². The molecule has 0 saturated carbocycles. The molecule has 4 N–H and O–H groups in total. The van der Waals surface area contributed by atoms with Crippen LogP contribution in [0.2, 0.25) is 0 Å². The van der Waals surface area contributed by atoms with Crippen molar-refractivity contribution in [3.05, 3.63) is 74.5 Å². The van der Waals surface area contributed by atoms with Crippen molar-refractivity contribution in [2.75, 3.05) is 0 Å². The molecule has 0 amide bonds. The minimum atomic E-state index is -4.07. The fourth-order valence-electron chi connectivity index (χ4n) is 3.45. The maximum absolute atomic E-state index is 11.9. The summed E-state index contributed by atoms with van der Waals surface area (Å²) in [4.78, 5) is 9.97. The lowest BCUT2D eigenvalue weighted by molar-refractivity contribution is 0.0406. The van der Waals surface area contributed by atoms with Gasteiger partial charge in [0.2, 0.25) is 0 Å². The Hall–Kier alpha value is -1.92. The van der Waals surface area contributed by atoms with Crippen molar-refractivity contribution in [3.8, 4) is 9.88 Å². The number of nitrogens with two attached hydrogens (primary N) is 2. The molecule has 10 nitrogen and oxygen atoms in total. The Kier molecular flexibility index (Phi) is 7.92. The minimum Gasteiger partial charge on any atom is -0.750 e. The highest BCUT2D eigenvalue weighted by molar-refractivity contribution is 7.86. The van der Waals surface area contributed by atoms with E-state index in [-0.39, 0.29) is 17.0 Å². The van der Waals surface area contributed by atoms with Gasteiger partial charge >= 0.3 is 10.1 Å². The molecule has 0 aliphatic rings. The maximum atomic E-state index is 11.9. The molecular formula is C20H19N4O6S5-. The smallest absolute Gasteiger partial charge is 0.312 e. The van der Waals surface area contributed by atoms with Gasteiger partial charge in [-0.3, -0.25) is 9.92 Å². The predicted octanol–water partition coefficient (Wildman–Crippen LogP) is 3.16. The summed E-state index contributed by atoms with van der Waals surface area (Å²) in [7, 11) is -4.07. The Morgan fingerprint density at radius 1 is 1.14 bits per heavy atom. The fraction of sp³-hybridized carbons (Fsp3) is 0.200. The van der Waals surface area contributed by atoms with Crippen LogP contribution >= 0.6 is 34.0 Å². The molecule has 0 bridgehead atoms. The maximum Gasteiger partial charge on any atom is 0.312 e. The van der Waals surface area contributed by atoms with E-state index in [1.54, 1.807) is 29.8 Å². The first-order valence-electron chi connectivity index (χ1n) is 9.84. The Morgan fingerprint density at radius 3 is 2.46 bits per heavy atom. The van der Waals surface area contributed by atoms with Crippen LogP contribution in [0.3, 0.4) is 0 Å². The molecule has 0 fully saturated rings. The molecule has 0 spiro atoms. The lowest BCUT2D eigenvalue weighted by Gasteiger charge is -2.35. The topological polar surface area (TPSA) is 171 Å². The monoisotopic (exact) mass is 571 g/mol. The predicted molar refractivity (Wildman–Crippen MR) is 133 cm³/mol. The zero-order valence-electron chi connectivity index (χ0n) is 18.0. The number of benzene rings is 1. The lowest BCUT2D eigenvalue weighted by atomic mass is 9.85. The summed E-state index contributed by atoms with van der Waals surface area (Å²) in [5, 5.41) is 6.82. The summed E-state index contributed by atoms with van der Waals surface area (Å²) in [6.45, 7) is 1.77. The summed E-state index contributed by atoms with van der Waals surface area (Å²) >= 11 is 1.27. The number of thiophene rings is 1. The van der Waals surface area contributed by atoms with E-state index in [1.165, 1.54) is 46.1 Å². The van der Waals surface area contributed by atoms with Gasteiger partial charge in [-0.15, -0.1) is 34.0 Å². The molecule has 0 aliphatic carbocycles. The van der Waals surface area contributed by atoms with Crippen LogP contribution in [0.25, 0.3) is 9.88 Å². The second-order valence-corrected chi connectivity index (χ2v) is 12.4. The molecule has 3 heterocycles. The van der Waals surface area contributed by atoms with Gasteiger partial charge < -0.3 is 4.55 Å². The molecule has 3 atom stereocenters. The molecule has 0 saturated heterocycles. The first-order valence-corrected chi connectivity index (χ1v) is 14.9. The van der Waals surface area contributed by atoms with Gasteiger partial charge in [0.15, 0.2) is 5.72 Å². The summed E-state index contributed by atoms with van der Waals surface area (Å²) in [5.41, 5.74) is 6.21. The van der Waals surface area contributed by atoms with Gasteiger partial charge in [-0.05, 0) is 42.5 Å². The van der Waals surface area contributed by atoms with Crippen LogP contribution in [-0.4, -0.2) is 27.1 Å². The highest BCUT2D eigenvalue weighted by Crippen LogP contribution is 2.41. The molecule has 2 unspecified atom stereocenters. The molecule has 0 aliphatic heterocycles. The highest BCUT2D eigenvalue weighted by Gasteiger charge is 2.43. The Bertz CT molecular complexity index is 1420. The van der Waals surface area contributed by atoms with Crippen LogP contribution in [-0.2, 0) is 42.1 Å². The van der Waals surface area contributed by atoms with Gasteiger partial charge in [-0.2, -0.15) is 18.6 Å². The normalized spacial score (nSPS) is 15.5. The third kappa shape index (κ3) is 5.75. The van der Waals surface area contributed by atoms with E-state index in [0.29, 0.717) is 16.3 Å². The number of hydrogen-bond acceptors (Lipinski definition) is 13. The van der Waals surface area contributed by atoms with Gasteiger partial charge in [0, 0.05) is 10.8 Å². The van der Waals surface area contributed by atoms with Crippen molar-refractivity contribution in [1.82, 2.24) is 9.97 Å². The van der Waals surface area contributed by atoms with Crippen molar-refractivity contribution in [2.24, 2.45) is 11.6 Å². The molecule has 4 aromatic rings. The van der Waals surface area contributed by atoms with Gasteiger partial charge in [0.25, 0.3) is 0 Å². The van der Waals surface area contributed by atoms with E-state index >= 15 is 0 Å². The third-order valence-corrected chi connectivity index (χ3v) is 9.32. The van der Waals surface area contributed by atoms with Gasteiger partial charge in [-0.1, -0.05) is 18.2 Å². The van der Waals surface area contributed by atoms with Crippen LogP contribution in [0, 0.1) is 6.92 Å². The number of nitrogens with zero attached hydrogens (tertiary/aromatic N) is 2. The van der Waals surface area contributed by atoms with Crippen LogP contribution in [0.4, 0.5) is 0 Å². The average molecular weight is 572 g/mol. The van der Waals surface area contributed by atoms with Crippen molar-refractivity contribution in [2.45, 2.75) is 29.9 Å². The molecule has 15 heteroatoms.